The zero-order valence-electron chi connectivity index (χ0n) is 43.2. The van der Waals surface area contributed by atoms with Gasteiger partial charge in [-0.25, -0.2) is 15.0 Å². The Hall–Kier alpha value is -9.77. The smallest absolute Gasteiger partial charge is 0.164 e. The number of nitrogens with zero attached hydrogens (tertiary/aromatic N) is 4. The van der Waals surface area contributed by atoms with Crippen LogP contribution < -0.4 is 4.90 Å². The van der Waals surface area contributed by atoms with Crippen LogP contribution in [0.5, 0.6) is 0 Å². The molecule has 2 heterocycles. The van der Waals surface area contributed by atoms with E-state index in [0.29, 0.717) is 17.5 Å². The van der Waals surface area contributed by atoms with Crippen LogP contribution in [0.25, 0.3) is 67.5 Å². The van der Waals surface area contributed by atoms with E-state index in [1.165, 1.54) is 83.6 Å². The number of benzene rings is 11. The molecule has 0 saturated carbocycles. The molecule has 16 rings (SSSR count). The summed E-state index contributed by atoms with van der Waals surface area (Å²) in [5.74, 6) is 1.93. The van der Waals surface area contributed by atoms with Crippen LogP contribution in [-0.4, -0.2) is 15.0 Å². The summed E-state index contributed by atoms with van der Waals surface area (Å²) in [6.07, 6.45) is 0. The van der Waals surface area contributed by atoms with E-state index < -0.39 is 10.8 Å². The van der Waals surface area contributed by atoms with Gasteiger partial charge in [-0.05, 0) is 125 Å². The first-order valence-corrected chi connectivity index (χ1v) is 27.1. The van der Waals surface area contributed by atoms with Crippen LogP contribution in [0.15, 0.2) is 267 Å². The Morgan fingerprint density at radius 3 is 1.22 bits per heavy atom. The predicted molar refractivity (Wildman–Crippen MR) is 317 cm³/mol. The molecule has 0 saturated heterocycles. The summed E-state index contributed by atoms with van der Waals surface area (Å²) in [4.78, 5) is 18.1. The fourth-order valence-corrected chi connectivity index (χ4v) is 14.3. The molecule has 0 unspecified atom stereocenters. The van der Waals surface area contributed by atoms with Gasteiger partial charge in [0.15, 0.2) is 17.5 Å². The lowest BCUT2D eigenvalue weighted by Crippen LogP contribution is -2.47. The largest absolute Gasteiger partial charge is 0.310 e. The second-order valence-electron chi connectivity index (χ2n) is 21.8. The fraction of sp³-hybridized carbons (Fsp3) is 0.0676. The molecule has 4 heteroatoms. The predicted octanol–water partition coefficient (Wildman–Crippen LogP) is 17.7. The molecule has 366 valence electrons. The summed E-state index contributed by atoms with van der Waals surface area (Å²) in [5.41, 5.74) is 25.2. The minimum Gasteiger partial charge on any atom is -0.310 e. The van der Waals surface area contributed by atoms with Crippen molar-refractivity contribution < 1.29 is 0 Å². The summed E-state index contributed by atoms with van der Waals surface area (Å²) < 4.78 is 0. The lowest BCUT2D eigenvalue weighted by Gasteiger charge is -2.53. The third-order valence-electron chi connectivity index (χ3n) is 17.6. The van der Waals surface area contributed by atoms with Gasteiger partial charge in [-0.3, -0.25) is 0 Å². The molecule has 12 aromatic rings. The van der Waals surface area contributed by atoms with Gasteiger partial charge in [-0.1, -0.05) is 244 Å². The molecule has 2 spiro atoms. The second-order valence-corrected chi connectivity index (χ2v) is 21.8. The Morgan fingerprint density at radius 1 is 0.256 bits per heavy atom. The Kier molecular flexibility index (Phi) is 9.48. The average molecular weight is 995 g/mol. The van der Waals surface area contributed by atoms with Gasteiger partial charge >= 0.3 is 0 Å². The zero-order valence-corrected chi connectivity index (χ0v) is 43.2. The van der Waals surface area contributed by atoms with Crippen molar-refractivity contribution in [1.82, 2.24) is 15.0 Å². The minimum absolute atomic E-state index is 0.157. The van der Waals surface area contributed by atoms with E-state index in [4.69, 9.17) is 15.0 Å². The molecule has 0 N–H and O–H groups in total. The maximum absolute atomic E-state index is 5.27. The maximum atomic E-state index is 5.27. The van der Waals surface area contributed by atoms with Crippen LogP contribution in [0.2, 0.25) is 0 Å². The molecule has 0 atom stereocenters. The molecule has 0 amide bonds. The molecule has 4 nitrogen and oxygen atoms in total. The molecule has 0 fully saturated rings. The van der Waals surface area contributed by atoms with E-state index >= 15 is 0 Å². The molecule has 1 aliphatic heterocycles. The molecule has 0 bridgehead atoms. The van der Waals surface area contributed by atoms with Crippen LogP contribution in [0, 0.1) is 0 Å². The van der Waals surface area contributed by atoms with E-state index in [0.717, 1.165) is 39.2 Å². The average Bonchev–Trinajstić information content (AvgIpc) is 3.23. The molecular formula is C74H50N4. The van der Waals surface area contributed by atoms with Crippen LogP contribution in [0.3, 0.4) is 0 Å². The van der Waals surface area contributed by atoms with Crippen molar-refractivity contribution >= 4 is 17.1 Å². The van der Waals surface area contributed by atoms with E-state index in [-0.39, 0.29) is 5.41 Å². The highest BCUT2D eigenvalue weighted by Gasteiger charge is 2.59. The monoisotopic (exact) mass is 994 g/mol. The normalized spacial score (nSPS) is 14.8. The van der Waals surface area contributed by atoms with E-state index in [9.17, 15) is 0 Å². The van der Waals surface area contributed by atoms with Crippen LogP contribution >= 0.6 is 0 Å². The molecule has 4 aliphatic rings. The number of para-hydroxylation sites is 2. The standard InChI is InChI=1S/C74H50N4/c1-72(2)57-28-12-9-25-53(57)56-43-41-51(46-65(56)72)71-76-69(48-21-5-3-6-22-48)75-70(77-71)49-39-37-47(38-40-49)50-42-44-68-66(45-50)74(64-35-19-20-36-67(64)78(68)52-23-7-4-8-24-52)62-33-17-15-31-60(62)73(61-32-16-18-34-63(61)74)58-29-13-10-26-54(58)55-27-11-14-30-59(55)73/h3-46H,1-2H3. The lowest BCUT2D eigenvalue weighted by molar-refractivity contribution is 0.619. The van der Waals surface area contributed by atoms with Crippen molar-refractivity contribution in [3.63, 3.8) is 0 Å². The summed E-state index contributed by atoms with van der Waals surface area (Å²) >= 11 is 0. The Balaban J connectivity index is 0.886. The minimum atomic E-state index is -0.706. The molecular weight excluding hydrogens is 945 g/mol. The van der Waals surface area contributed by atoms with Gasteiger partial charge < -0.3 is 4.90 Å². The van der Waals surface area contributed by atoms with Crippen LogP contribution in [-0.2, 0) is 16.2 Å². The molecule has 0 radical (unpaired) electrons. The van der Waals surface area contributed by atoms with E-state index in [1.54, 1.807) is 0 Å². The van der Waals surface area contributed by atoms with Crippen molar-refractivity contribution in [2.24, 2.45) is 0 Å². The first-order valence-electron chi connectivity index (χ1n) is 27.1. The SMILES string of the molecule is CC1(C)c2ccccc2-c2ccc(-c3nc(-c4ccccc4)nc(-c4ccc(-c5ccc6c(c5)C5(c7ccccc7N6c6ccccc6)c6ccccc6C6(c7ccccc7-c7ccccc76)c6ccccc65)cc4)n3)cc21. The van der Waals surface area contributed by atoms with Crippen molar-refractivity contribution in [2.75, 3.05) is 4.90 Å². The van der Waals surface area contributed by atoms with E-state index in [1.807, 2.05) is 18.2 Å². The Morgan fingerprint density at radius 2 is 0.628 bits per heavy atom. The Labute approximate surface area is 454 Å². The van der Waals surface area contributed by atoms with Gasteiger partial charge in [-0.2, -0.15) is 0 Å². The maximum Gasteiger partial charge on any atom is 0.164 e. The lowest BCUT2D eigenvalue weighted by atomic mass is 9.50. The van der Waals surface area contributed by atoms with Gasteiger partial charge in [-0.15, -0.1) is 0 Å². The van der Waals surface area contributed by atoms with Crippen molar-refractivity contribution in [2.45, 2.75) is 30.1 Å². The Bertz CT molecular complexity index is 4330. The van der Waals surface area contributed by atoms with Gasteiger partial charge in [0.25, 0.3) is 0 Å². The van der Waals surface area contributed by atoms with E-state index in [2.05, 4.69) is 267 Å². The highest BCUT2D eigenvalue weighted by molar-refractivity contribution is 5.95. The van der Waals surface area contributed by atoms with Crippen molar-refractivity contribution in [1.29, 1.82) is 0 Å². The number of anilines is 3. The molecule has 3 aliphatic carbocycles. The highest BCUT2D eigenvalue weighted by Crippen LogP contribution is 2.68. The van der Waals surface area contributed by atoms with Gasteiger partial charge in [0, 0.05) is 27.8 Å². The number of rotatable bonds is 5. The third-order valence-corrected chi connectivity index (χ3v) is 17.6. The third kappa shape index (κ3) is 6.03. The summed E-state index contributed by atoms with van der Waals surface area (Å²) in [5, 5.41) is 0. The topological polar surface area (TPSA) is 41.9 Å². The van der Waals surface area contributed by atoms with Crippen LogP contribution in [0.4, 0.5) is 17.1 Å². The second kappa shape index (κ2) is 16.6. The van der Waals surface area contributed by atoms with Gasteiger partial charge in [0.1, 0.15) is 0 Å². The molecule has 78 heavy (non-hydrogen) atoms. The first kappa shape index (κ1) is 44.5. The highest BCUT2D eigenvalue weighted by atomic mass is 15.2. The van der Waals surface area contributed by atoms with Gasteiger partial charge in [0.05, 0.1) is 22.2 Å². The summed E-state index contributed by atoms with van der Waals surface area (Å²) in [6, 6.07) is 98.6. The fourth-order valence-electron chi connectivity index (χ4n) is 14.3. The zero-order chi connectivity index (χ0) is 51.7. The number of hydrogen-bond donors (Lipinski definition) is 0. The molecule has 11 aromatic carbocycles. The summed E-state index contributed by atoms with van der Waals surface area (Å²) in [6.45, 7) is 4.63. The number of aromatic nitrogens is 3. The van der Waals surface area contributed by atoms with Crippen molar-refractivity contribution in [3.8, 4) is 67.5 Å². The van der Waals surface area contributed by atoms with Crippen LogP contribution in [0.1, 0.15) is 69.5 Å². The number of hydrogen-bond acceptors (Lipinski definition) is 4. The number of fused-ring (bicyclic) bond motifs is 18. The molecule has 1 aromatic heterocycles. The van der Waals surface area contributed by atoms with Gasteiger partial charge in [0.2, 0.25) is 0 Å². The van der Waals surface area contributed by atoms with Crippen molar-refractivity contribution in [3.05, 3.63) is 323 Å². The first-order chi connectivity index (χ1) is 38.4. The quantitative estimate of drug-likeness (QED) is 0.172. The summed E-state index contributed by atoms with van der Waals surface area (Å²) in [7, 11) is 0.